The second-order valence-electron chi connectivity index (χ2n) is 6.16. The number of ether oxygens (including phenoxy) is 1. The molecule has 3 heteroatoms. The fourth-order valence-corrected chi connectivity index (χ4v) is 1.82. The Hall–Kier alpha value is -0.570. The van der Waals surface area contributed by atoms with E-state index in [1.54, 1.807) is 0 Å². The molecule has 1 amide bonds. The molecule has 1 aliphatic rings. The van der Waals surface area contributed by atoms with Crippen LogP contribution in [0.25, 0.3) is 0 Å². The Kier molecular flexibility index (Phi) is 4.36. The summed E-state index contributed by atoms with van der Waals surface area (Å²) in [5.74, 6) is 0.888. The van der Waals surface area contributed by atoms with Gasteiger partial charge in [-0.05, 0) is 39.5 Å². The van der Waals surface area contributed by atoms with E-state index in [2.05, 4.69) is 39.9 Å². The van der Waals surface area contributed by atoms with Crippen LogP contribution in [0.3, 0.4) is 0 Å². The largest absolute Gasteiger partial charge is 0.373 e. The van der Waals surface area contributed by atoms with Gasteiger partial charge in [0.05, 0.1) is 11.7 Å². The van der Waals surface area contributed by atoms with Crippen LogP contribution < -0.4 is 5.32 Å². The van der Waals surface area contributed by atoms with Crippen molar-refractivity contribution in [2.24, 2.45) is 11.8 Å². The second kappa shape index (κ2) is 5.17. The minimum absolute atomic E-state index is 0.0932. The summed E-state index contributed by atoms with van der Waals surface area (Å²) in [6.07, 6.45) is 2.03. The van der Waals surface area contributed by atoms with Crippen molar-refractivity contribution < 1.29 is 9.53 Å². The minimum atomic E-state index is -0.0932. The normalized spacial score (nSPS) is 25.4. The number of carbonyl (C=O) groups is 1. The van der Waals surface area contributed by atoms with Crippen molar-refractivity contribution in [1.82, 2.24) is 5.32 Å². The zero-order valence-electron chi connectivity index (χ0n) is 11.2. The summed E-state index contributed by atoms with van der Waals surface area (Å²) in [4.78, 5) is 11.7. The topological polar surface area (TPSA) is 38.3 Å². The molecule has 1 fully saturated rings. The van der Waals surface area contributed by atoms with E-state index in [9.17, 15) is 4.79 Å². The molecule has 94 valence electrons. The molecular weight excluding hydrogens is 202 g/mol. The van der Waals surface area contributed by atoms with Crippen LogP contribution in [0.2, 0.25) is 0 Å². The van der Waals surface area contributed by atoms with Gasteiger partial charge < -0.3 is 10.1 Å². The van der Waals surface area contributed by atoms with Gasteiger partial charge in [-0.25, -0.2) is 0 Å². The van der Waals surface area contributed by atoms with E-state index in [1.165, 1.54) is 0 Å². The van der Waals surface area contributed by atoms with Gasteiger partial charge in [0.15, 0.2) is 0 Å². The standard InChI is InChI=1S/C13H25NO2/c1-9(2)8-14-12(15)10-6-11(7-10)16-13(3,4)5/h9-11H,6-8H2,1-5H3,(H,14,15). The average Bonchev–Trinajstić information content (AvgIpc) is 2.05. The molecule has 0 aliphatic heterocycles. The summed E-state index contributed by atoms with van der Waals surface area (Å²) in [5, 5.41) is 2.97. The van der Waals surface area contributed by atoms with Crippen LogP contribution in [-0.2, 0) is 9.53 Å². The monoisotopic (exact) mass is 227 g/mol. The van der Waals surface area contributed by atoms with Crippen LogP contribution in [0.1, 0.15) is 47.5 Å². The summed E-state index contributed by atoms with van der Waals surface area (Å²) in [6.45, 7) is 11.1. The minimum Gasteiger partial charge on any atom is -0.373 e. The van der Waals surface area contributed by atoms with E-state index in [-0.39, 0.29) is 23.5 Å². The molecule has 1 saturated carbocycles. The highest BCUT2D eigenvalue weighted by atomic mass is 16.5. The zero-order chi connectivity index (χ0) is 12.3. The predicted molar refractivity (Wildman–Crippen MR) is 65.2 cm³/mol. The maximum absolute atomic E-state index is 11.7. The second-order valence-corrected chi connectivity index (χ2v) is 6.16. The molecule has 1 rings (SSSR count). The summed E-state index contributed by atoms with van der Waals surface area (Å²) in [5.41, 5.74) is -0.0932. The van der Waals surface area contributed by atoms with E-state index in [0.717, 1.165) is 19.4 Å². The highest BCUT2D eigenvalue weighted by Crippen LogP contribution is 2.33. The Balaban J connectivity index is 2.18. The van der Waals surface area contributed by atoms with Crippen LogP contribution in [0.15, 0.2) is 0 Å². The summed E-state index contributed by atoms with van der Waals surface area (Å²) in [7, 11) is 0. The van der Waals surface area contributed by atoms with Gasteiger partial charge in [-0.15, -0.1) is 0 Å². The molecule has 0 aromatic carbocycles. The van der Waals surface area contributed by atoms with E-state index >= 15 is 0 Å². The third-order valence-corrected chi connectivity index (χ3v) is 2.67. The molecule has 0 unspecified atom stereocenters. The lowest BCUT2D eigenvalue weighted by Crippen LogP contribution is -2.45. The van der Waals surface area contributed by atoms with Gasteiger partial charge in [0.2, 0.25) is 5.91 Å². The van der Waals surface area contributed by atoms with E-state index in [1.807, 2.05) is 0 Å². The number of hydrogen-bond donors (Lipinski definition) is 1. The number of hydrogen-bond acceptors (Lipinski definition) is 2. The summed E-state index contributed by atoms with van der Waals surface area (Å²) in [6, 6.07) is 0. The number of carbonyl (C=O) groups excluding carboxylic acids is 1. The fraction of sp³-hybridized carbons (Fsp3) is 0.923. The van der Waals surface area contributed by atoms with Gasteiger partial charge in [0.1, 0.15) is 0 Å². The molecule has 0 aromatic rings. The lowest BCUT2D eigenvalue weighted by atomic mass is 9.81. The third kappa shape index (κ3) is 4.52. The first-order valence-electron chi connectivity index (χ1n) is 6.23. The van der Waals surface area contributed by atoms with Crippen molar-refractivity contribution >= 4 is 5.91 Å². The smallest absolute Gasteiger partial charge is 0.223 e. The zero-order valence-corrected chi connectivity index (χ0v) is 11.2. The van der Waals surface area contributed by atoms with E-state index in [0.29, 0.717) is 5.92 Å². The molecule has 16 heavy (non-hydrogen) atoms. The van der Waals surface area contributed by atoms with Crippen molar-refractivity contribution in [3.05, 3.63) is 0 Å². The van der Waals surface area contributed by atoms with Gasteiger partial charge in [-0.3, -0.25) is 4.79 Å². The van der Waals surface area contributed by atoms with Crippen LogP contribution in [0.4, 0.5) is 0 Å². The van der Waals surface area contributed by atoms with Gasteiger partial charge >= 0.3 is 0 Å². The number of rotatable bonds is 4. The third-order valence-electron chi connectivity index (χ3n) is 2.67. The number of nitrogens with one attached hydrogen (secondary N) is 1. The Morgan fingerprint density at radius 2 is 1.94 bits per heavy atom. The van der Waals surface area contributed by atoms with Gasteiger partial charge in [0.25, 0.3) is 0 Å². The van der Waals surface area contributed by atoms with Gasteiger partial charge in [-0.2, -0.15) is 0 Å². The SMILES string of the molecule is CC(C)CNC(=O)C1CC(OC(C)(C)C)C1. The summed E-state index contributed by atoms with van der Waals surface area (Å²) >= 11 is 0. The first kappa shape index (κ1) is 13.5. The average molecular weight is 227 g/mol. The highest BCUT2D eigenvalue weighted by Gasteiger charge is 2.37. The molecule has 0 saturated heterocycles. The molecule has 1 aliphatic carbocycles. The highest BCUT2D eigenvalue weighted by molar-refractivity contribution is 5.79. The number of amides is 1. The Bertz CT molecular complexity index is 237. The van der Waals surface area contributed by atoms with Crippen molar-refractivity contribution in [3.8, 4) is 0 Å². The van der Waals surface area contributed by atoms with Gasteiger partial charge in [-0.1, -0.05) is 13.8 Å². The molecule has 0 heterocycles. The van der Waals surface area contributed by atoms with Gasteiger partial charge in [0, 0.05) is 12.5 Å². The lowest BCUT2D eigenvalue weighted by molar-refractivity contribution is -0.144. The molecule has 0 aromatic heterocycles. The van der Waals surface area contributed by atoms with Crippen molar-refractivity contribution in [2.45, 2.75) is 59.2 Å². The van der Waals surface area contributed by atoms with Crippen molar-refractivity contribution in [1.29, 1.82) is 0 Å². The molecule has 0 atom stereocenters. The van der Waals surface area contributed by atoms with Crippen LogP contribution in [0.5, 0.6) is 0 Å². The first-order chi connectivity index (χ1) is 7.28. The Labute approximate surface area is 98.9 Å². The molecule has 0 spiro atoms. The quantitative estimate of drug-likeness (QED) is 0.800. The summed E-state index contributed by atoms with van der Waals surface area (Å²) < 4.78 is 5.80. The molecule has 1 N–H and O–H groups in total. The lowest BCUT2D eigenvalue weighted by Gasteiger charge is -2.38. The van der Waals surface area contributed by atoms with Crippen LogP contribution >= 0.6 is 0 Å². The predicted octanol–water partition coefficient (Wildman–Crippen LogP) is 2.35. The van der Waals surface area contributed by atoms with Crippen molar-refractivity contribution in [2.75, 3.05) is 6.54 Å². The van der Waals surface area contributed by atoms with E-state index < -0.39 is 0 Å². The van der Waals surface area contributed by atoms with Crippen molar-refractivity contribution in [3.63, 3.8) is 0 Å². The Morgan fingerprint density at radius 1 is 1.38 bits per heavy atom. The fourth-order valence-electron chi connectivity index (χ4n) is 1.82. The van der Waals surface area contributed by atoms with E-state index in [4.69, 9.17) is 4.74 Å². The molecule has 0 radical (unpaired) electrons. The Morgan fingerprint density at radius 3 is 2.38 bits per heavy atom. The molecule has 0 bridgehead atoms. The first-order valence-corrected chi connectivity index (χ1v) is 6.23. The maximum atomic E-state index is 11.7. The maximum Gasteiger partial charge on any atom is 0.223 e. The molecular formula is C13H25NO2. The van der Waals surface area contributed by atoms with Crippen LogP contribution in [-0.4, -0.2) is 24.2 Å². The molecule has 3 nitrogen and oxygen atoms in total. The van der Waals surface area contributed by atoms with Crippen LogP contribution in [0, 0.1) is 11.8 Å².